The van der Waals surface area contributed by atoms with E-state index in [0.717, 1.165) is 11.1 Å². The van der Waals surface area contributed by atoms with E-state index < -0.39 is 35.0 Å². The molecule has 0 bridgehead atoms. The Kier molecular flexibility index (Phi) is 7.45. The summed E-state index contributed by atoms with van der Waals surface area (Å²) in [5.41, 5.74) is 1.79. The summed E-state index contributed by atoms with van der Waals surface area (Å²) in [5, 5.41) is 20.3. The minimum atomic E-state index is -1.18. The van der Waals surface area contributed by atoms with Crippen molar-refractivity contribution in [1.29, 1.82) is 0 Å². The Labute approximate surface area is 280 Å². The summed E-state index contributed by atoms with van der Waals surface area (Å²) < 4.78 is 6.04. The number of phenols is 2. The molecule has 2 heterocycles. The highest BCUT2D eigenvalue weighted by Crippen LogP contribution is 2.64. The Hall–Kier alpha value is -4.19. The number of likely N-dealkylation sites (tertiary alicyclic amines) is 1. The molecule has 3 aromatic rings. The molecule has 3 fully saturated rings. The van der Waals surface area contributed by atoms with Crippen LogP contribution in [-0.2, 0) is 25.6 Å². The molecule has 10 heteroatoms. The van der Waals surface area contributed by atoms with Gasteiger partial charge in [0.1, 0.15) is 5.75 Å². The van der Waals surface area contributed by atoms with Crippen LogP contribution in [0.1, 0.15) is 36.8 Å². The monoisotopic (exact) mass is 732 g/mol. The number of rotatable bonds is 6. The summed E-state index contributed by atoms with van der Waals surface area (Å²) in [6, 6.07) is 19.1. The second-order valence-electron chi connectivity index (χ2n) is 12.8. The van der Waals surface area contributed by atoms with Gasteiger partial charge in [0.05, 0.1) is 39.5 Å². The molecular weight excluding hydrogens is 699 g/mol. The van der Waals surface area contributed by atoms with Crippen molar-refractivity contribution in [1.82, 2.24) is 4.90 Å². The van der Waals surface area contributed by atoms with Crippen molar-refractivity contribution in [3.63, 3.8) is 0 Å². The number of methoxy groups -OCH3 is 1. The van der Waals surface area contributed by atoms with Gasteiger partial charge < -0.3 is 14.9 Å². The predicted molar refractivity (Wildman–Crippen MR) is 177 cm³/mol. The number of ether oxygens (including phenoxy) is 1. The number of allylic oxidation sites excluding steroid dienone is 2. The van der Waals surface area contributed by atoms with Crippen LogP contribution in [0, 0.1) is 32.7 Å². The number of fused-ring (bicyclic) bond motifs is 4. The van der Waals surface area contributed by atoms with Crippen LogP contribution >= 0.6 is 22.6 Å². The Balaban J connectivity index is 1.31. The van der Waals surface area contributed by atoms with Crippen LogP contribution in [0.25, 0.3) is 0 Å². The quantitative estimate of drug-likeness (QED) is 0.203. The van der Waals surface area contributed by atoms with Gasteiger partial charge in [-0.25, -0.2) is 4.90 Å². The van der Waals surface area contributed by atoms with Crippen molar-refractivity contribution in [2.75, 3.05) is 18.6 Å². The maximum Gasteiger partial charge on any atom is 0.241 e. The van der Waals surface area contributed by atoms with Crippen LogP contribution in [0.2, 0.25) is 0 Å². The first-order valence-corrected chi connectivity index (χ1v) is 16.5. The highest BCUT2D eigenvalue weighted by atomic mass is 127. The second kappa shape index (κ2) is 11.3. The molecule has 3 aromatic carbocycles. The third kappa shape index (κ3) is 4.47. The number of nitrogens with zero attached hydrogens (tertiary/aromatic N) is 2. The molecule has 2 aliphatic heterocycles. The highest BCUT2D eigenvalue weighted by Gasteiger charge is 2.67. The van der Waals surface area contributed by atoms with Gasteiger partial charge in [-0.2, -0.15) is 0 Å². The van der Waals surface area contributed by atoms with Gasteiger partial charge in [0.25, 0.3) is 0 Å². The number of phenolic OH excluding ortho intramolecular Hbond substituents is 2. The number of halogens is 1. The van der Waals surface area contributed by atoms with Crippen LogP contribution < -0.4 is 9.64 Å². The molecule has 2 saturated heterocycles. The van der Waals surface area contributed by atoms with E-state index in [1.165, 1.54) is 16.9 Å². The summed E-state index contributed by atoms with van der Waals surface area (Å²) >= 11 is 2.03. The topological polar surface area (TPSA) is 124 Å². The lowest BCUT2D eigenvalue weighted by molar-refractivity contribution is -0.140. The summed E-state index contributed by atoms with van der Waals surface area (Å²) in [6.07, 6.45) is 3.09. The van der Waals surface area contributed by atoms with Crippen molar-refractivity contribution >= 4 is 51.9 Å². The molecule has 6 atom stereocenters. The molecule has 0 aromatic heterocycles. The second-order valence-corrected chi connectivity index (χ2v) is 14.0. The van der Waals surface area contributed by atoms with Crippen molar-refractivity contribution in [2.45, 2.75) is 32.1 Å². The number of hydrogen-bond donors (Lipinski definition) is 2. The molecule has 0 unspecified atom stereocenters. The van der Waals surface area contributed by atoms with E-state index in [0.29, 0.717) is 27.7 Å². The molecule has 1 saturated carbocycles. The van der Waals surface area contributed by atoms with Gasteiger partial charge in [-0.1, -0.05) is 42.0 Å². The van der Waals surface area contributed by atoms with E-state index >= 15 is 0 Å². The van der Waals surface area contributed by atoms with Gasteiger partial charge in [0, 0.05) is 12.5 Å². The summed E-state index contributed by atoms with van der Waals surface area (Å²) in [5.74, 6) is -3.66. The standard InChI is InChI=1S/C36H33IN2O7/c1-36-26(33(43)39(35(36)45)21-6-4-3-5-7-21)18-25-23(30(36)20-16-27(37)31(41)28(17-20)46-2)12-13-24-29(25)34(44)38(32(24)42)15-14-19-8-10-22(40)11-9-19/h3-12,16-17,24-26,29-30,40-41H,13-15,18H2,1-2H3/t24-,25+,26-,29-,30-,36+/m0/s1. The lowest BCUT2D eigenvalue weighted by Gasteiger charge is -2.49. The fourth-order valence-corrected chi connectivity index (χ4v) is 8.95. The summed E-state index contributed by atoms with van der Waals surface area (Å²) in [4.78, 5) is 59.3. The molecule has 4 aliphatic rings. The van der Waals surface area contributed by atoms with Crippen molar-refractivity contribution < 1.29 is 34.1 Å². The molecule has 9 nitrogen and oxygen atoms in total. The minimum Gasteiger partial charge on any atom is -0.508 e. The molecule has 0 spiro atoms. The molecular formula is C36H33IN2O7. The fourth-order valence-electron chi connectivity index (χ4n) is 8.32. The minimum absolute atomic E-state index is 0.0147. The van der Waals surface area contributed by atoms with Crippen molar-refractivity contribution in [3.8, 4) is 17.2 Å². The number of para-hydroxylation sites is 1. The number of amides is 4. The van der Waals surface area contributed by atoms with Crippen LogP contribution in [-0.4, -0.2) is 52.4 Å². The largest absolute Gasteiger partial charge is 0.508 e. The van der Waals surface area contributed by atoms with Gasteiger partial charge in [-0.15, -0.1) is 0 Å². The van der Waals surface area contributed by atoms with Crippen LogP contribution in [0.5, 0.6) is 17.2 Å². The summed E-state index contributed by atoms with van der Waals surface area (Å²) in [7, 11) is 1.46. The third-order valence-electron chi connectivity index (χ3n) is 10.5. The van der Waals surface area contributed by atoms with Crippen LogP contribution in [0.3, 0.4) is 0 Å². The highest BCUT2D eigenvalue weighted by molar-refractivity contribution is 14.1. The van der Waals surface area contributed by atoms with Gasteiger partial charge >= 0.3 is 0 Å². The number of benzene rings is 3. The first-order chi connectivity index (χ1) is 22.1. The lowest BCUT2D eigenvalue weighted by atomic mass is 9.51. The first-order valence-electron chi connectivity index (χ1n) is 15.4. The number of hydrogen-bond acceptors (Lipinski definition) is 7. The van der Waals surface area contributed by atoms with Gasteiger partial charge in [-0.05, 0) is 102 Å². The average Bonchev–Trinajstić information content (AvgIpc) is 3.41. The number of carbonyl (C=O) groups excluding carboxylic acids is 4. The Morgan fingerprint density at radius 1 is 0.935 bits per heavy atom. The third-order valence-corrected chi connectivity index (χ3v) is 11.4. The first kappa shape index (κ1) is 30.5. The molecule has 2 aliphatic carbocycles. The zero-order valence-corrected chi connectivity index (χ0v) is 27.5. The number of carbonyl (C=O) groups is 4. The van der Waals surface area contributed by atoms with Gasteiger partial charge in [0.2, 0.25) is 23.6 Å². The molecule has 4 amide bonds. The number of imide groups is 2. The Morgan fingerprint density at radius 2 is 1.65 bits per heavy atom. The van der Waals surface area contributed by atoms with E-state index in [4.69, 9.17) is 4.74 Å². The van der Waals surface area contributed by atoms with Crippen molar-refractivity contribution in [2.24, 2.45) is 29.1 Å². The molecule has 0 radical (unpaired) electrons. The molecule has 46 heavy (non-hydrogen) atoms. The number of anilines is 1. The SMILES string of the molecule is COc1cc([C@H]2C3=CC[C@@H]4C(=O)N(CCc5ccc(O)cc5)C(=O)[C@@H]4[C@@H]3C[C@H]3C(=O)N(c4ccccc4)C(=O)[C@@]23C)cc(I)c1O. The lowest BCUT2D eigenvalue weighted by Crippen LogP contribution is -2.49. The molecule has 2 N–H and O–H groups in total. The maximum absolute atomic E-state index is 14.5. The van der Waals surface area contributed by atoms with E-state index in [9.17, 15) is 29.4 Å². The smallest absolute Gasteiger partial charge is 0.241 e. The molecule has 7 rings (SSSR count). The van der Waals surface area contributed by atoms with Crippen LogP contribution in [0.15, 0.2) is 78.4 Å². The van der Waals surface area contributed by atoms with Gasteiger partial charge in [-0.3, -0.25) is 24.1 Å². The zero-order valence-electron chi connectivity index (χ0n) is 25.4. The van der Waals surface area contributed by atoms with Crippen molar-refractivity contribution in [3.05, 3.63) is 93.1 Å². The maximum atomic E-state index is 14.5. The Morgan fingerprint density at radius 3 is 2.35 bits per heavy atom. The van der Waals surface area contributed by atoms with E-state index in [-0.39, 0.29) is 53.8 Å². The Bertz CT molecular complexity index is 1810. The summed E-state index contributed by atoms with van der Waals surface area (Å²) in [6.45, 7) is 2.06. The van der Waals surface area contributed by atoms with Gasteiger partial charge in [0.15, 0.2) is 11.5 Å². The zero-order chi connectivity index (χ0) is 32.5. The predicted octanol–water partition coefficient (Wildman–Crippen LogP) is 5.18. The van der Waals surface area contributed by atoms with E-state index in [2.05, 4.69) is 0 Å². The number of aromatic hydroxyl groups is 2. The van der Waals surface area contributed by atoms with E-state index in [1.807, 2.05) is 47.7 Å². The average molecular weight is 733 g/mol. The molecule has 236 valence electrons. The normalized spacial score (nSPS) is 28.6. The van der Waals surface area contributed by atoms with E-state index in [1.54, 1.807) is 54.6 Å². The van der Waals surface area contributed by atoms with Crippen LogP contribution in [0.4, 0.5) is 5.69 Å². The fraction of sp³-hybridized carbons (Fsp3) is 0.333.